The first-order valence-electron chi connectivity index (χ1n) is 13.9. The van der Waals surface area contributed by atoms with Crippen molar-refractivity contribution in [2.45, 2.75) is 122 Å². The minimum absolute atomic E-state index is 0.0747. The van der Waals surface area contributed by atoms with Crippen molar-refractivity contribution in [2.75, 3.05) is 0 Å². The first-order chi connectivity index (χ1) is 17.6. The largest absolute Gasteiger partial charge is 0.541 e. The van der Waals surface area contributed by atoms with Crippen molar-refractivity contribution in [3.8, 4) is 5.75 Å². The fourth-order valence-corrected chi connectivity index (χ4v) is 9.15. The molecule has 0 fully saturated rings. The summed E-state index contributed by atoms with van der Waals surface area (Å²) in [6.45, 7) is 8.14. The highest BCUT2D eigenvalue weighted by molar-refractivity contribution is 6.75. The summed E-state index contributed by atoms with van der Waals surface area (Å²) in [5.74, 6) is -11.6. The number of hydrogen-bond acceptors (Lipinski definition) is 1. The molecule has 0 spiro atoms. The van der Waals surface area contributed by atoms with Gasteiger partial charge in [0.15, 0.2) is 29.0 Å². The molecule has 0 atom stereocenters. The molecular formula is C29H41F6OSi. The Labute approximate surface area is 219 Å². The number of benzene rings is 2. The average Bonchev–Trinajstić information content (AvgIpc) is 2.86. The van der Waals surface area contributed by atoms with E-state index in [9.17, 15) is 22.0 Å². The molecule has 2 aromatic rings. The maximum Gasteiger partial charge on any atom is 0.253 e. The van der Waals surface area contributed by atoms with Gasteiger partial charge in [-0.1, -0.05) is 105 Å². The molecule has 0 aliphatic carbocycles. The molecule has 2 rings (SSSR count). The lowest BCUT2D eigenvalue weighted by Crippen LogP contribution is -2.45. The van der Waals surface area contributed by atoms with Gasteiger partial charge in [-0.15, -0.1) is 0 Å². The normalized spacial score (nSPS) is 12.2. The van der Waals surface area contributed by atoms with Crippen molar-refractivity contribution < 1.29 is 30.8 Å². The van der Waals surface area contributed by atoms with E-state index in [1.54, 1.807) is 0 Å². The van der Waals surface area contributed by atoms with E-state index in [1.807, 2.05) is 13.8 Å². The van der Waals surface area contributed by atoms with E-state index in [0.29, 0.717) is 12.1 Å². The maximum atomic E-state index is 15.1. The summed E-state index contributed by atoms with van der Waals surface area (Å²) in [6, 6.07) is 2.63. The monoisotopic (exact) mass is 547 g/mol. The standard InChI is InChI=1S/C29H41F6OSi/c1-5-7-9-11-13-15-17-37(20(3)4,18-16-14-12-10-8-6-2)36-29-24-23(26(33)27(34)28(29)35)21(30)19-22(31)25(24)32/h20H,5-18H2,1-4H3. The summed E-state index contributed by atoms with van der Waals surface area (Å²) in [6.07, 6.45) is 12.3. The van der Waals surface area contributed by atoms with Gasteiger partial charge < -0.3 is 4.43 Å². The highest BCUT2D eigenvalue weighted by atomic mass is 28.4. The predicted molar refractivity (Wildman–Crippen MR) is 140 cm³/mol. The molecule has 0 bridgehead atoms. The topological polar surface area (TPSA) is 9.23 Å². The second-order valence-corrected chi connectivity index (χ2v) is 14.9. The van der Waals surface area contributed by atoms with Crippen LogP contribution < -0.4 is 4.43 Å². The van der Waals surface area contributed by atoms with Crippen LogP contribution in [0.3, 0.4) is 0 Å². The molecule has 1 nitrogen and oxygen atoms in total. The third kappa shape index (κ3) is 7.90. The van der Waals surface area contributed by atoms with Gasteiger partial charge in [-0.25, -0.2) is 22.0 Å². The van der Waals surface area contributed by atoms with Gasteiger partial charge in [-0.3, -0.25) is 0 Å². The van der Waals surface area contributed by atoms with E-state index >= 15 is 4.39 Å². The predicted octanol–water partition coefficient (Wildman–Crippen LogP) is 10.9. The van der Waals surface area contributed by atoms with Crippen LogP contribution in [0.25, 0.3) is 10.8 Å². The molecule has 209 valence electrons. The quantitative estimate of drug-likeness (QED) is 0.0629. The minimum Gasteiger partial charge on any atom is -0.541 e. The van der Waals surface area contributed by atoms with Gasteiger partial charge in [0.2, 0.25) is 5.82 Å². The fraction of sp³-hybridized carbons (Fsp3) is 0.655. The van der Waals surface area contributed by atoms with Crippen LogP contribution in [0.5, 0.6) is 5.75 Å². The van der Waals surface area contributed by atoms with Crippen LogP contribution in [-0.4, -0.2) is 8.32 Å². The van der Waals surface area contributed by atoms with Gasteiger partial charge in [0, 0.05) is 0 Å². The lowest BCUT2D eigenvalue weighted by molar-refractivity contribution is 0.407. The summed E-state index contributed by atoms with van der Waals surface area (Å²) in [7, 11) is -2.95. The van der Waals surface area contributed by atoms with Crippen LogP contribution in [0.1, 0.15) is 105 Å². The van der Waals surface area contributed by atoms with Crippen LogP contribution in [0.2, 0.25) is 17.6 Å². The first-order valence-corrected chi connectivity index (χ1v) is 16.3. The Morgan fingerprint density at radius 3 is 1.57 bits per heavy atom. The number of hydrogen-bond donors (Lipinski definition) is 0. The molecular weight excluding hydrogens is 506 g/mol. The highest BCUT2D eigenvalue weighted by Gasteiger charge is 2.42. The van der Waals surface area contributed by atoms with Crippen molar-refractivity contribution >= 4 is 19.1 Å². The Morgan fingerprint density at radius 2 is 1.08 bits per heavy atom. The van der Waals surface area contributed by atoms with Gasteiger partial charge >= 0.3 is 0 Å². The van der Waals surface area contributed by atoms with E-state index in [-0.39, 0.29) is 5.54 Å². The molecule has 0 unspecified atom stereocenters. The van der Waals surface area contributed by atoms with Crippen LogP contribution in [-0.2, 0) is 0 Å². The lowest BCUT2D eigenvalue weighted by atomic mass is 10.1. The van der Waals surface area contributed by atoms with Crippen molar-refractivity contribution in [1.29, 1.82) is 0 Å². The van der Waals surface area contributed by atoms with E-state index in [1.165, 1.54) is 6.07 Å². The molecule has 0 aliphatic heterocycles. The van der Waals surface area contributed by atoms with Crippen molar-refractivity contribution in [3.63, 3.8) is 0 Å². The fourth-order valence-electron chi connectivity index (χ4n) is 5.01. The zero-order valence-corrected chi connectivity index (χ0v) is 23.7. The molecule has 0 N–H and O–H groups in total. The summed E-state index contributed by atoms with van der Waals surface area (Å²) >= 11 is 0. The molecule has 0 heterocycles. The van der Waals surface area contributed by atoms with E-state index in [2.05, 4.69) is 13.8 Å². The highest BCUT2D eigenvalue weighted by Crippen LogP contribution is 2.43. The van der Waals surface area contributed by atoms with Crippen LogP contribution in [0.15, 0.2) is 0 Å². The van der Waals surface area contributed by atoms with Crippen LogP contribution in [0.4, 0.5) is 26.3 Å². The Hall–Kier alpha value is -1.70. The second-order valence-electron chi connectivity index (χ2n) is 10.4. The van der Waals surface area contributed by atoms with E-state index in [0.717, 1.165) is 77.0 Å². The van der Waals surface area contributed by atoms with Gasteiger partial charge in [0.25, 0.3) is 8.32 Å². The number of unbranched alkanes of at least 4 members (excludes halogenated alkanes) is 10. The SMILES string of the molecule is CCCCCCCC[Si](CCCCCCCC)(Oc1c(F)c(F)c(F)c2c(F)[c]c(F)c(F)c12)C(C)C. The summed E-state index contributed by atoms with van der Waals surface area (Å²) < 4.78 is 93.8. The summed E-state index contributed by atoms with van der Waals surface area (Å²) in [5.41, 5.74) is -0.0747. The lowest BCUT2D eigenvalue weighted by Gasteiger charge is -2.36. The smallest absolute Gasteiger partial charge is 0.253 e. The third-order valence-corrected chi connectivity index (χ3v) is 12.5. The summed E-state index contributed by atoms with van der Waals surface area (Å²) in [4.78, 5) is 0. The number of halogens is 6. The van der Waals surface area contributed by atoms with Crippen LogP contribution >= 0.6 is 0 Å². The van der Waals surface area contributed by atoms with Crippen molar-refractivity contribution in [3.05, 3.63) is 41.0 Å². The molecule has 0 aliphatic rings. The van der Waals surface area contributed by atoms with Gasteiger partial charge in [-0.05, 0) is 17.6 Å². The molecule has 0 amide bonds. The molecule has 2 aromatic carbocycles. The van der Waals surface area contributed by atoms with Crippen molar-refractivity contribution in [2.24, 2.45) is 0 Å². The third-order valence-electron chi connectivity index (χ3n) is 7.40. The van der Waals surface area contributed by atoms with E-state index in [4.69, 9.17) is 4.43 Å². The molecule has 37 heavy (non-hydrogen) atoms. The number of fused-ring (bicyclic) bond motifs is 1. The zero-order chi connectivity index (χ0) is 27.6. The molecule has 0 saturated carbocycles. The Bertz CT molecular complexity index is 994. The zero-order valence-electron chi connectivity index (χ0n) is 22.7. The van der Waals surface area contributed by atoms with Gasteiger partial charge in [-0.2, -0.15) is 4.39 Å². The Balaban J connectivity index is 2.49. The van der Waals surface area contributed by atoms with E-state index < -0.39 is 59.7 Å². The average molecular weight is 548 g/mol. The molecule has 8 heteroatoms. The van der Waals surface area contributed by atoms with Gasteiger partial charge in [0.05, 0.1) is 16.8 Å². The van der Waals surface area contributed by atoms with Gasteiger partial charge in [0.1, 0.15) is 5.82 Å². The van der Waals surface area contributed by atoms with Crippen molar-refractivity contribution in [1.82, 2.24) is 0 Å². The first kappa shape index (κ1) is 31.5. The minimum atomic E-state index is -2.95. The Kier molecular flexibility index (Phi) is 12.8. The second kappa shape index (κ2) is 15.0. The maximum absolute atomic E-state index is 15.1. The summed E-state index contributed by atoms with van der Waals surface area (Å²) in [5, 5.41) is -2.22. The van der Waals surface area contributed by atoms with Crippen LogP contribution in [0, 0.1) is 41.0 Å². The number of rotatable bonds is 17. The molecule has 1 radical (unpaired) electrons. The molecule has 0 saturated heterocycles. The molecule has 0 aromatic heterocycles. The Morgan fingerprint density at radius 1 is 0.595 bits per heavy atom.